The fourth-order valence-electron chi connectivity index (χ4n) is 1.24. The number of nitrogens with two attached hydrogens (primary N) is 1. The monoisotopic (exact) mass is 234 g/mol. The summed E-state index contributed by atoms with van der Waals surface area (Å²) in [6.45, 7) is 2.43. The summed E-state index contributed by atoms with van der Waals surface area (Å²) in [6.07, 6.45) is 3.08. The molecular weight excluding hydrogens is 216 g/mol. The molecular formula is C9H18N2O3S. The molecule has 1 aliphatic carbocycles. The highest BCUT2D eigenvalue weighted by molar-refractivity contribution is 7.92. The number of amides is 1. The second kappa shape index (κ2) is 4.09. The van der Waals surface area contributed by atoms with Gasteiger partial charge in [0.05, 0.1) is 0 Å². The van der Waals surface area contributed by atoms with Crippen LogP contribution in [0.5, 0.6) is 0 Å². The normalized spacial score (nSPS) is 20.7. The minimum Gasteiger partial charge on any atom is -0.354 e. The van der Waals surface area contributed by atoms with E-state index in [0.29, 0.717) is 13.1 Å². The average Bonchev–Trinajstić information content (AvgIpc) is 2.92. The van der Waals surface area contributed by atoms with Crippen molar-refractivity contribution in [2.75, 3.05) is 19.3 Å². The quantitative estimate of drug-likeness (QED) is 0.656. The van der Waals surface area contributed by atoms with E-state index in [-0.39, 0.29) is 5.41 Å². The number of carbonyl (C=O) groups excluding carboxylic acids is 1. The van der Waals surface area contributed by atoms with Crippen LogP contribution in [0.2, 0.25) is 0 Å². The molecule has 5 nitrogen and oxygen atoms in total. The first-order chi connectivity index (χ1) is 6.81. The highest BCUT2D eigenvalue weighted by atomic mass is 32.2. The minimum absolute atomic E-state index is 0.0346. The smallest absolute Gasteiger partial charge is 0.238 e. The predicted molar refractivity (Wildman–Crippen MR) is 58.0 cm³/mol. The van der Waals surface area contributed by atoms with Crippen LogP contribution in [0, 0.1) is 5.41 Å². The number of sulfone groups is 1. The molecule has 0 saturated heterocycles. The first-order valence-corrected chi connectivity index (χ1v) is 6.93. The number of hydrogen-bond donors (Lipinski definition) is 2. The summed E-state index contributed by atoms with van der Waals surface area (Å²) < 4.78 is 22.2. The van der Waals surface area contributed by atoms with Crippen molar-refractivity contribution < 1.29 is 13.2 Å². The van der Waals surface area contributed by atoms with E-state index in [2.05, 4.69) is 5.32 Å². The zero-order valence-corrected chi connectivity index (χ0v) is 9.93. The van der Waals surface area contributed by atoms with Crippen LogP contribution in [0.15, 0.2) is 0 Å². The van der Waals surface area contributed by atoms with Crippen LogP contribution in [0.25, 0.3) is 0 Å². The van der Waals surface area contributed by atoms with Crippen molar-refractivity contribution >= 4 is 15.7 Å². The molecule has 1 atom stereocenters. The van der Waals surface area contributed by atoms with Gasteiger partial charge in [-0.25, -0.2) is 8.42 Å². The van der Waals surface area contributed by atoms with Gasteiger partial charge in [-0.15, -0.1) is 0 Å². The SMILES string of the molecule is CC(C(=O)NCC1(CN)CC1)S(C)(=O)=O. The fourth-order valence-corrected chi connectivity index (χ4v) is 1.71. The summed E-state index contributed by atoms with van der Waals surface area (Å²) >= 11 is 0. The maximum absolute atomic E-state index is 11.4. The predicted octanol–water partition coefficient (Wildman–Crippen LogP) is -0.725. The van der Waals surface area contributed by atoms with E-state index in [9.17, 15) is 13.2 Å². The molecule has 1 saturated carbocycles. The van der Waals surface area contributed by atoms with Gasteiger partial charge in [0.1, 0.15) is 5.25 Å². The first-order valence-electron chi connectivity index (χ1n) is 4.97. The third-order valence-electron chi connectivity index (χ3n) is 3.04. The van der Waals surface area contributed by atoms with Crippen LogP contribution in [0.1, 0.15) is 19.8 Å². The Morgan fingerprint density at radius 1 is 1.53 bits per heavy atom. The van der Waals surface area contributed by atoms with E-state index in [4.69, 9.17) is 5.73 Å². The summed E-state index contributed by atoms with van der Waals surface area (Å²) in [7, 11) is -3.30. The van der Waals surface area contributed by atoms with E-state index < -0.39 is 21.0 Å². The van der Waals surface area contributed by atoms with Crippen molar-refractivity contribution in [2.45, 2.75) is 25.0 Å². The summed E-state index contributed by atoms with van der Waals surface area (Å²) in [5.41, 5.74) is 5.58. The summed E-state index contributed by atoms with van der Waals surface area (Å²) in [4.78, 5) is 11.4. The van der Waals surface area contributed by atoms with Gasteiger partial charge in [-0.1, -0.05) is 0 Å². The minimum atomic E-state index is -3.30. The fraction of sp³-hybridized carbons (Fsp3) is 0.889. The number of carbonyl (C=O) groups is 1. The number of nitrogens with one attached hydrogen (secondary N) is 1. The average molecular weight is 234 g/mol. The van der Waals surface area contributed by atoms with Gasteiger partial charge in [0, 0.05) is 12.8 Å². The Kier molecular flexibility index (Phi) is 3.40. The Morgan fingerprint density at radius 2 is 2.07 bits per heavy atom. The van der Waals surface area contributed by atoms with Gasteiger partial charge in [-0.2, -0.15) is 0 Å². The molecule has 1 rings (SSSR count). The number of rotatable bonds is 5. The Morgan fingerprint density at radius 3 is 2.40 bits per heavy atom. The van der Waals surface area contributed by atoms with Gasteiger partial charge in [0.15, 0.2) is 9.84 Å². The van der Waals surface area contributed by atoms with E-state index in [1.54, 1.807) is 0 Å². The third-order valence-corrected chi connectivity index (χ3v) is 4.54. The van der Waals surface area contributed by atoms with E-state index in [1.165, 1.54) is 6.92 Å². The Balaban J connectivity index is 2.43. The van der Waals surface area contributed by atoms with Gasteiger partial charge in [-0.05, 0) is 31.7 Å². The molecule has 1 fully saturated rings. The highest BCUT2D eigenvalue weighted by Crippen LogP contribution is 2.43. The second-order valence-corrected chi connectivity index (χ2v) is 6.76. The first kappa shape index (κ1) is 12.4. The molecule has 1 unspecified atom stereocenters. The molecule has 0 heterocycles. The molecule has 6 heteroatoms. The lowest BCUT2D eigenvalue weighted by molar-refractivity contribution is -0.120. The molecule has 3 N–H and O–H groups in total. The maximum atomic E-state index is 11.4. The lowest BCUT2D eigenvalue weighted by Gasteiger charge is -2.15. The van der Waals surface area contributed by atoms with Gasteiger partial charge in [0.25, 0.3) is 0 Å². The van der Waals surface area contributed by atoms with Crippen LogP contribution >= 0.6 is 0 Å². The van der Waals surface area contributed by atoms with Crippen LogP contribution < -0.4 is 11.1 Å². The van der Waals surface area contributed by atoms with Crippen molar-refractivity contribution in [1.82, 2.24) is 5.32 Å². The molecule has 0 spiro atoms. The van der Waals surface area contributed by atoms with Crippen molar-refractivity contribution in [3.63, 3.8) is 0 Å². The molecule has 1 aliphatic rings. The van der Waals surface area contributed by atoms with Crippen LogP contribution in [-0.2, 0) is 14.6 Å². The summed E-state index contributed by atoms with van der Waals surface area (Å²) in [5, 5.41) is 1.66. The van der Waals surface area contributed by atoms with Crippen molar-refractivity contribution in [2.24, 2.45) is 11.1 Å². The molecule has 0 bridgehead atoms. The van der Waals surface area contributed by atoms with Gasteiger partial charge < -0.3 is 11.1 Å². The van der Waals surface area contributed by atoms with Gasteiger partial charge in [-0.3, -0.25) is 4.79 Å². The summed E-state index contributed by atoms with van der Waals surface area (Å²) in [6, 6.07) is 0. The van der Waals surface area contributed by atoms with Crippen molar-refractivity contribution in [3.8, 4) is 0 Å². The molecule has 0 aromatic carbocycles. The lowest BCUT2D eigenvalue weighted by atomic mass is 10.1. The molecule has 0 radical (unpaired) electrons. The van der Waals surface area contributed by atoms with Crippen LogP contribution in [-0.4, -0.2) is 38.9 Å². The third kappa shape index (κ3) is 3.17. The Hall–Kier alpha value is -0.620. The highest BCUT2D eigenvalue weighted by Gasteiger charge is 2.41. The van der Waals surface area contributed by atoms with Crippen LogP contribution in [0.4, 0.5) is 0 Å². The molecule has 15 heavy (non-hydrogen) atoms. The van der Waals surface area contributed by atoms with E-state index in [1.807, 2.05) is 0 Å². The largest absolute Gasteiger partial charge is 0.354 e. The van der Waals surface area contributed by atoms with Gasteiger partial charge >= 0.3 is 0 Å². The molecule has 0 aliphatic heterocycles. The second-order valence-electron chi connectivity index (χ2n) is 4.39. The molecule has 0 aromatic rings. The Bertz CT molecular complexity index is 346. The lowest BCUT2D eigenvalue weighted by Crippen LogP contribution is -2.41. The molecule has 88 valence electrons. The van der Waals surface area contributed by atoms with Gasteiger partial charge in [0.2, 0.25) is 5.91 Å². The molecule has 1 amide bonds. The standard InChI is InChI=1S/C9H18N2O3S/c1-7(15(2,13)14)8(12)11-6-9(5-10)3-4-9/h7H,3-6,10H2,1-2H3,(H,11,12). The van der Waals surface area contributed by atoms with Crippen molar-refractivity contribution in [3.05, 3.63) is 0 Å². The zero-order chi connectivity index (χ0) is 11.7. The van der Waals surface area contributed by atoms with Crippen molar-refractivity contribution in [1.29, 1.82) is 0 Å². The number of hydrogen-bond acceptors (Lipinski definition) is 4. The molecule has 0 aromatic heterocycles. The zero-order valence-electron chi connectivity index (χ0n) is 9.12. The topological polar surface area (TPSA) is 89.3 Å². The summed E-state index contributed by atoms with van der Waals surface area (Å²) in [5.74, 6) is -0.433. The Labute approximate surface area is 90.3 Å². The maximum Gasteiger partial charge on any atom is 0.238 e. The van der Waals surface area contributed by atoms with E-state index >= 15 is 0 Å². The van der Waals surface area contributed by atoms with Crippen LogP contribution in [0.3, 0.4) is 0 Å². The van der Waals surface area contributed by atoms with E-state index in [0.717, 1.165) is 19.1 Å².